The summed E-state index contributed by atoms with van der Waals surface area (Å²) in [5, 5.41) is 6.98. The van der Waals surface area contributed by atoms with Gasteiger partial charge >= 0.3 is 0 Å². The number of nitrogens with one attached hydrogen (secondary N) is 2. The van der Waals surface area contributed by atoms with E-state index in [0.29, 0.717) is 11.9 Å². The van der Waals surface area contributed by atoms with Crippen LogP contribution in [-0.4, -0.2) is 15.5 Å². The molecule has 4 heteroatoms. The van der Waals surface area contributed by atoms with Crippen molar-refractivity contribution in [3.8, 4) is 11.3 Å². The number of benzene rings is 2. The summed E-state index contributed by atoms with van der Waals surface area (Å²) in [7, 11) is 0. The van der Waals surface area contributed by atoms with Crippen LogP contribution in [0.1, 0.15) is 44.2 Å². The number of aryl methyl sites for hydroxylation is 1. The standard InChI is InChI=1S/C23H26N4/c1-15-12-18-16(2)14-23(3,4)27-21(18)13-19(15)20-10-11-24-22(26-20)25-17-8-6-5-7-9-17/h5-13,16,27H,14H2,1-4H3,(H,24,25,26). The van der Waals surface area contributed by atoms with Gasteiger partial charge in [-0.25, -0.2) is 9.97 Å². The van der Waals surface area contributed by atoms with Gasteiger partial charge in [0.1, 0.15) is 0 Å². The van der Waals surface area contributed by atoms with E-state index in [2.05, 4.69) is 55.4 Å². The average molecular weight is 358 g/mol. The smallest absolute Gasteiger partial charge is 0.227 e. The van der Waals surface area contributed by atoms with Crippen molar-refractivity contribution < 1.29 is 0 Å². The van der Waals surface area contributed by atoms with Gasteiger partial charge in [-0.3, -0.25) is 0 Å². The molecule has 2 aromatic carbocycles. The first kappa shape index (κ1) is 17.5. The van der Waals surface area contributed by atoms with E-state index in [1.807, 2.05) is 42.6 Å². The van der Waals surface area contributed by atoms with E-state index in [1.54, 1.807) is 0 Å². The molecule has 1 aliphatic heterocycles. The van der Waals surface area contributed by atoms with Crippen LogP contribution in [0, 0.1) is 6.92 Å². The molecule has 2 heterocycles. The molecule has 0 spiro atoms. The second kappa shape index (κ2) is 6.69. The molecule has 0 radical (unpaired) electrons. The first-order valence-corrected chi connectivity index (χ1v) is 9.49. The molecule has 3 aromatic rings. The predicted molar refractivity (Wildman–Crippen MR) is 113 cm³/mol. The molecule has 138 valence electrons. The van der Waals surface area contributed by atoms with E-state index in [0.717, 1.165) is 23.4 Å². The van der Waals surface area contributed by atoms with Crippen molar-refractivity contribution >= 4 is 17.3 Å². The first-order valence-electron chi connectivity index (χ1n) is 9.49. The number of nitrogens with zero attached hydrogens (tertiary/aromatic N) is 2. The minimum absolute atomic E-state index is 0.102. The Morgan fingerprint density at radius 1 is 1.11 bits per heavy atom. The maximum atomic E-state index is 4.75. The number of fused-ring (bicyclic) bond motifs is 1. The summed E-state index contributed by atoms with van der Waals surface area (Å²) in [5.74, 6) is 1.15. The van der Waals surface area contributed by atoms with Crippen molar-refractivity contribution in [1.82, 2.24) is 9.97 Å². The van der Waals surface area contributed by atoms with Gasteiger partial charge in [-0.05, 0) is 68.5 Å². The summed E-state index contributed by atoms with van der Waals surface area (Å²) >= 11 is 0. The Kier molecular flexibility index (Phi) is 4.34. The Bertz CT molecular complexity index is 963. The third kappa shape index (κ3) is 3.65. The van der Waals surface area contributed by atoms with E-state index in [9.17, 15) is 0 Å². The van der Waals surface area contributed by atoms with E-state index < -0.39 is 0 Å². The zero-order valence-electron chi connectivity index (χ0n) is 16.4. The summed E-state index contributed by atoms with van der Waals surface area (Å²) in [6, 6.07) is 16.5. The zero-order chi connectivity index (χ0) is 19.0. The quantitative estimate of drug-likeness (QED) is 0.612. The number of para-hydroxylation sites is 1. The van der Waals surface area contributed by atoms with E-state index >= 15 is 0 Å². The highest BCUT2D eigenvalue weighted by Crippen LogP contribution is 2.41. The maximum Gasteiger partial charge on any atom is 0.227 e. The second-order valence-electron chi connectivity index (χ2n) is 8.12. The highest BCUT2D eigenvalue weighted by Gasteiger charge is 2.29. The molecule has 1 aliphatic rings. The molecule has 0 aliphatic carbocycles. The summed E-state index contributed by atoms with van der Waals surface area (Å²) < 4.78 is 0. The minimum Gasteiger partial charge on any atom is -0.380 e. The highest BCUT2D eigenvalue weighted by molar-refractivity contribution is 5.73. The molecular formula is C23H26N4. The van der Waals surface area contributed by atoms with Crippen molar-refractivity contribution in [3.63, 3.8) is 0 Å². The van der Waals surface area contributed by atoms with Gasteiger partial charge in [0, 0.05) is 28.7 Å². The van der Waals surface area contributed by atoms with Crippen LogP contribution in [0.25, 0.3) is 11.3 Å². The molecule has 1 unspecified atom stereocenters. The van der Waals surface area contributed by atoms with Crippen LogP contribution in [0.2, 0.25) is 0 Å². The fraction of sp³-hybridized carbons (Fsp3) is 0.304. The monoisotopic (exact) mass is 358 g/mol. The zero-order valence-corrected chi connectivity index (χ0v) is 16.4. The summed E-state index contributed by atoms with van der Waals surface area (Å²) in [6.45, 7) is 9.00. The van der Waals surface area contributed by atoms with Crippen molar-refractivity contribution in [1.29, 1.82) is 0 Å². The third-order valence-corrected chi connectivity index (χ3v) is 5.18. The van der Waals surface area contributed by atoms with Gasteiger partial charge < -0.3 is 10.6 Å². The number of anilines is 3. The molecule has 0 saturated carbocycles. The first-order chi connectivity index (χ1) is 12.9. The molecular weight excluding hydrogens is 332 g/mol. The van der Waals surface area contributed by atoms with Crippen molar-refractivity contribution in [3.05, 3.63) is 65.9 Å². The van der Waals surface area contributed by atoms with Gasteiger partial charge in [0.05, 0.1) is 5.69 Å². The van der Waals surface area contributed by atoms with Gasteiger partial charge in [0.15, 0.2) is 0 Å². The van der Waals surface area contributed by atoms with Gasteiger partial charge in [-0.1, -0.05) is 31.2 Å². The Morgan fingerprint density at radius 2 is 1.89 bits per heavy atom. The van der Waals surface area contributed by atoms with Crippen LogP contribution in [0.5, 0.6) is 0 Å². The van der Waals surface area contributed by atoms with Crippen molar-refractivity contribution in [2.45, 2.75) is 45.6 Å². The lowest BCUT2D eigenvalue weighted by molar-refractivity contribution is 0.454. The van der Waals surface area contributed by atoms with Crippen molar-refractivity contribution in [2.75, 3.05) is 10.6 Å². The maximum absolute atomic E-state index is 4.75. The largest absolute Gasteiger partial charge is 0.380 e. The molecule has 0 bridgehead atoms. The Labute approximate surface area is 161 Å². The number of hydrogen-bond donors (Lipinski definition) is 2. The molecule has 1 aromatic heterocycles. The number of hydrogen-bond acceptors (Lipinski definition) is 4. The topological polar surface area (TPSA) is 49.8 Å². The van der Waals surface area contributed by atoms with Crippen molar-refractivity contribution in [2.24, 2.45) is 0 Å². The second-order valence-corrected chi connectivity index (χ2v) is 8.12. The lowest BCUT2D eigenvalue weighted by Crippen LogP contribution is -2.36. The normalized spacial score (nSPS) is 17.7. The lowest BCUT2D eigenvalue weighted by Gasteiger charge is -2.38. The van der Waals surface area contributed by atoms with Crippen LogP contribution in [-0.2, 0) is 0 Å². The summed E-state index contributed by atoms with van der Waals surface area (Å²) in [6.07, 6.45) is 2.95. The lowest BCUT2D eigenvalue weighted by atomic mass is 9.80. The van der Waals surface area contributed by atoms with E-state index in [1.165, 1.54) is 16.8 Å². The molecule has 4 rings (SSSR count). The molecule has 2 N–H and O–H groups in total. The van der Waals surface area contributed by atoms with Crippen LogP contribution in [0.3, 0.4) is 0 Å². The minimum atomic E-state index is 0.102. The third-order valence-electron chi connectivity index (χ3n) is 5.18. The van der Waals surface area contributed by atoms with E-state index in [-0.39, 0.29) is 5.54 Å². The van der Waals surface area contributed by atoms with Crippen LogP contribution >= 0.6 is 0 Å². The molecule has 0 saturated heterocycles. The van der Waals surface area contributed by atoms with Gasteiger partial charge in [-0.15, -0.1) is 0 Å². The fourth-order valence-corrected chi connectivity index (χ4v) is 4.03. The van der Waals surface area contributed by atoms with E-state index in [4.69, 9.17) is 4.98 Å². The molecule has 27 heavy (non-hydrogen) atoms. The van der Waals surface area contributed by atoms with Gasteiger partial charge in [-0.2, -0.15) is 0 Å². The molecule has 0 fully saturated rings. The molecule has 4 nitrogen and oxygen atoms in total. The highest BCUT2D eigenvalue weighted by atomic mass is 15.1. The van der Waals surface area contributed by atoms with Crippen LogP contribution < -0.4 is 10.6 Å². The number of aromatic nitrogens is 2. The Morgan fingerprint density at radius 3 is 2.67 bits per heavy atom. The summed E-state index contributed by atoms with van der Waals surface area (Å²) in [5.41, 5.74) is 7.01. The van der Waals surface area contributed by atoms with Crippen LogP contribution in [0.15, 0.2) is 54.7 Å². The van der Waals surface area contributed by atoms with Gasteiger partial charge in [0.25, 0.3) is 0 Å². The molecule has 0 amide bonds. The SMILES string of the molecule is Cc1cc2c(cc1-c1ccnc(Nc3ccccc3)n1)NC(C)(C)CC2C. The summed E-state index contributed by atoms with van der Waals surface area (Å²) in [4.78, 5) is 9.13. The Balaban J connectivity index is 1.71. The predicted octanol–water partition coefficient (Wildman–Crippen LogP) is 5.89. The average Bonchev–Trinajstić information content (AvgIpc) is 2.62. The van der Waals surface area contributed by atoms with Crippen LogP contribution in [0.4, 0.5) is 17.3 Å². The number of rotatable bonds is 3. The molecule has 1 atom stereocenters. The van der Waals surface area contributed by atoms with Gasteiger partial charge in [0.2, 0.25) is 5.95 Å². The Hall–Kier alpha value is -2.88. The fourth-order valence-electron chi connectivity index (χ4n) is 4.03.